The Balaban J connectivity index is 1.47. The molecule has 1 N–H and O–H groups in total. The van der Waals surface area contributed by atoms with Gasteiger partial charge in [-0.25, -0.2) is 0 Å². The van der Waals surface area contributed by atoms with Crippen molar-refractivity contribution in [3.05, 3.63) is 54.0 Å². The van der Waals surface area contributed by atoms with Gasteiger partial charge in [0, 0.05) is 19.1 Å². The maximum absolute atomic E-state index is 12.2. The van der Waals surface area contributed by atoms with E-state index in [0.29, 0.717) is 25.3 Å². The summed E-state index contributed by atoms with van der Waals surface area (Å²) in [5.41, 5.74) is 0.919. The van der Waals surface area contributed by atoms with Gasteiger partial charge in [-0.3, -0.25) is 9.59 Å². The number of methoxy groups -OCH3 is 1. The molecule has 1 aliphatic rings. The molecule has 3 rings (SSSR count). The van der Waals surface area contributed by atoms with Gasteiger partial charge in [0.15, 0.2) is 5.76 Å². The molecule has 6 nitrogen and oxygen atoms in total. The second kappa shape index (κ2) is 7.88. The number of amides is 2. The number of hydrogen-bond donors (Lipinski definition) is 1. The van der Waals surface area contributed by atoms with E-state index in [-0.39, 0.29) is 17.9 Å². The lowest BCUT2D eigenvalue weighted by Gasteiger charge is -2.31. The molecule has 0 spiro atoms. The lowest BCUT2D eigenvalue weighted by Crippen LogP contribution is -2.46. The van der Waals surface area contributed by atoms with Crippen LogP contribution in [-0.4, -0.2) is 43.0 Å². The number of rotatable bonds is 5. The van der Waals surface area contributed by atoms with Crippen molar-refractivity contribution in [2.75, 3.05) is 20.2 Å². The molecule has 0 bridgehead atoms. The van der Waals surface area contributed by atoms with Crippen LogP contribution in [0.3, 0.4) is 0 Å². The molecule has 2 aromatic rings. The van der Waals surface area contributed by atoms with Gasteiger partial charge in [-0.15, -0.1) is 0 Å². The maximum atomic E-state index is 12.2. The second-order valence-electron chi connectivity index (χ2n) is 6.14. The first-order chi connectivity index (χ1) is 12.2. The Hall–Kier alpha value is -2.76. The molecule has 0 saturated carbocycles. The van der Waals surface area contributed by atoms with Crippen LogP contribution in [-0.2, 0) is 11.2 Å². The van der Waals surface area contributed by atoms with Crippen molar-refractivity contribution < 1.29 is 18.7 Å². The van der Waals surface area contributed by atoms with Gasteiger partial charge in [0.2, 0.25) is 5.91 Å². The lowest BCUT2D eigenvalue weighted by molar-refractivity contribution is -0.121. The predicted octanol–water partition coefficient (Wildman–Crippen LogP) is 2.25. The third kappa shape index (κ3) is 4.41. The molecule has 1 saturated heterocycles. The fourth-order valence-corrected chi connectivity index (χ4v) is 3.03. The SMILES string of the molecule is COc1cccc(CC(=O)NC2CCN(C(=O)c3ccco3)CC2)c1. The van der Waals surface area contributed by atoms with Crippen LogP contribution in [0.2, 0.25) is 0 Å². The van der Waals surface area contributed by atoms with Crippen LogP contribution < -0.4 is 10.1 Å². The van der Waals surface area contributed by atoms with Gasteiger partial charge in [0.25, 0.3) is 5.91 Å². The highest BCUT2D eigenvalue weighted by Crippen LogP contribution is 2.16. The van der Waals surface area contributed by atoms with Crippen LogP contribution in [0.25, 0.3) is 0 Å². The molecule has 1 aromatic carbocycles. The van der Waals surface area contributed by atoms with Gasteiger partial charge in [-0.2, -0.15) is 0 Å². The average Bonchev–Trinajstić information content (AvgIpc) is 3.16. The molecule has 2 heterocycles. The van der Waals surface area contributed by atoms with Crippen molar-refractivity contribution >= 4 is 11.8 Å². The molecule has 0 unspecified atom stereocenters. The monoisotopic (exact) mass is 342 g/mol. The molecule has 1 aromatic heterocycles. The van der Waals surface area contributed by atoms with Crippen molar-refractivity contribution in [1.82, 2.24) is 10.2 Å². The van der Waals surface area contributed by atoms with E-state index in [1.54, 1.807) is 24.1 Å². The quantitative estimate of drug-likeness (QED) is 0.905. The normalized spacial score (nSPS) is 15.0. The highest BCUT2D eigenvalue weighted by Gasteiger charge is 2.25. The van der Waals surface area contributed by atoms with Crippen LogP contribution in [0.1, 0.15) is 29.0 Å². The Morgan fingerprint density at radius 3 is 2.72 bits per heavy atom. The van der Waals surface area contributed by atoms with E-state index < -0.39 is 0 Å². The van der Waals surface area contributed by atoms with Crippen molar-refractivity contribution in [3.63, 3.8) is 0 Å². The number of carbonyl (C=O) groups excluding carboxylic acids is 2. The highest BCUT2D eigenvalue weighted by molar-refractivity contribution is 5.91. The number of nitrogens with one attached hydrogen (secondary N) is 1. The summed E-state index contributed by atoms with van der Waals surface area (Å²) in [4.78, 5) is 26.2. The zero-order valence-electron chi connectivity index (χ0n) is 14.2. The summed E-state index contributed by atoms with van der Waals surface area (Å²) in [6.45, 7) is 1.23. The zero-order valence-corrected chi connectivity index (χ0v) is 14.2. The zero-order chi connectivity index (χ0) is 17.6. The molecular formula is C19H22N2O4. The van der Waals surface area contributed by atoms with E-state index in [0.717, 1.165) is 24.2 Å². The predicted molar refractivity (Wildman–Crippen MR) is 92.5 cm³/mol. The number of carbonyl (C=O) groups is 2. The smallest absolute Gasteiger partial charge is 0.289 e. The Labute approximate surface area is 146 Å². The van der Waals surface area contributed by atoms with Crippen LogP contribution in [0.5, 0.6) is 5.75 Å². The second-order valence-corrected chi connectivity index (χ2v) is 6.14. The van der Waals surface area contributed by atoms with Crippen LogP contribution >= 0.6 is 0 Å². The first kappa shape index (κ1) is 17.1. The molecule has 25 heavy (non-hydrogen) atoms. The number of benzene rings is 1. The molecular weight excluding hydrogens is 320 g/mol. The number of piperidine rings is 1. The lowest BCUT2D eigenvalue weighted by atomic mass is 10.0. The molecule has 132 valence electrons. The summed E-state index contributed by atoms with van der Waals surface area (Å²) in [7, 11) is 1.61. The third-order valence-corrected chi connectivity index (χ3v) is 4.38. The molecule has 0 radical (unpaired) electrons. The van der Waals surface area contributed by atoms with Crippen molar-refractivity contribution in [2.24, 2.45) is 0 Å². The highest BCUT2D eigenvalue weighted by atomic mass is 16.5. The van der Waals surface area contributed by atoms with Crippen LogP contribution in [0.4, 0.5) is 0 Å². The summed E-state index contributed by atoms with van der Waals surface area (Å²) in [6, 6.07) is 11.0. The number of furan rings is 1. The third-order valence-electron chi connectivity index (χ3n) is 4.38. The first-order valence-corrected chi connectivity index (χ1v) is 8.41. The molecule has 2 amide bonds. The van der Waals surface area contributed by atoms with Gasteiger partial charge in [-0.1, -0.05) is 12.1 Å². The Morgan fingerprint density at radius 2 is 2.04 bits per heavy atom. The molecule has 1 fully saturated rings. The minimum atomic E-state index is -0.0915. The summed E-state index contributed by atoms with van der Waals surface area (Å²) in [5.74, 6) is 1.01. The number of hydrogen-bond acceptors (Lipinski definition) is 4. The summed E-state index contributed by atoms with van der Waals surface area (Å²) >= 11 is 0. The molecule has 0 atom stereocenters. The van der Waals surface area contributed by atoms with E-state index in [4.69, 9.17) is 9.15 Å². The number of nitrogens with zero attached hydrogens (tertiary/aromatic N) is 1. The van der Waals surface area contributed by atoms with Crippen LogP contribution in [0.15, 0.2) is 47.1 Å². The Morgan fingerprint density at radius 1 is 1.24 bits per heavy atom. The summed E-state index contributed by atoms with van der Waals surface area (Å²) < 4.78 is 10.3. The van der Waals surface area contributed by atoms with E-state index in [1.165, 1.54) is 6.26 Å². The van der Waals surface area contributed by atoms with Gasteiger partial charge in [0.05, 0.1) is 19.8 Å². The molecule has 1 aliphatic heterocycles. The van der Waals surface area contributed by atoms with Gasteiger partial charge < -0.3 is 19.4 Å². The van der Waals surface area contributed by atoms with Crippen LogP contribution in [0, 0.1) is 0 Å². The van der Waals surface area contributed by atoms with E-state index in [1.807, 2.05) is 24.3 Å². The topological polar surface area (TPSA) is 71.8 Å². The minimum Gasteiger partial charge on any atom is -0.497 e. The molecule has 6 heteroatoms. The Bertz CT molecular complexity index is 719. The average molecular weight is 342 g/mol. The van der Waals surface area contributed by atoms with Gasteiger partial charge >= 0.3 is 0 Å². The van der Waals surface area contributed by atoms with Crippen molar-refractivity contribution in [3.8, 4) is 5.75 Å². The van der Waals surface area contributed by atoms with E-state index in [9.17, 15) is 9.59 Å². The van der Waals surface area contributed by atoms with E-state index >= 15 is 0 Å². The fraction of sp³-hybridized carbons (Fsp3) is 0.368. The maximum Gasteiger partial charge on any atom is 0.289 e. The first-order valence-electron chi connectivity index (χ1n) is 8.41. The number of ether oxygens (including phenoxy) is 1. The standard InChI is InChI=1S/C19H22N2O4/c1-24-16-5-2-4-14(12-16)13-18(22)20-15-7-9-21(10-8-15)19(23)17-6-3-11-25-17/h2-6,11-12,15H,7-10,13H2,1H3,(H,20,22). The van der Waals surface area contributed by atoms with Crippen molar-refractivity contribution in [2.45, 2.75) is 25.3 Å². The Kier molecular flexibility index (Phi) is 5.38. The largest absolute Gasteiger partial charge is 0.497 e. The van der Waals surface area contributed by atoms with Gasteiger partial charge in [-0.05, 0) is 42.7 Å². The summed E-state index contributed by atoms with van der Waals surface area (Å²) in [5, 5.41) is 3.06. The molecule has 0 aliphatic carbocycles. The van der Waals surface area contributed by atoms with E-state index in [2.05, 4.69) is 5.32 Å². The summed E-state index contributed by atoms with van der Waals surface area (Å²) in [6.07, 6.45) is 3.31. The van der Waals surface area contributed by atoms with Gasteiger partial charge in [0.1, 0.15) is 5.75 Å². The minimum absolute atomic E-state index is 0.0101. The van der Waals surface area contributed by atoms with Crippen molar-refractivity contribution in [1.29, 1.82) is 0 Å². The fourth-order valence-electron chi connectivity index (χ4n) is 3.03. The number of likely N-dealkylation sites (tertiary alicyclic amines) is 1.